The first-order chi connectivity index (χ1) is 6.11. The summed E-state index contributed by atoms with van der Waals surface area (Å²) in [7, 11) is 0. The normalized spacial score (nSPS) is 9.08. The minimum absolute atomic E-state index is 0.311. The first-order valence-corrected chi connectivity index (χ1v) is 4.14. The Bertz CT molecular complexity index is 389. The van der Waals surface area contributed by atoms with Crippen molar-refractivity contribution in [2.45, 2.75) is 0 Å². The topological polar surface area (TPSA) is 23.8 Å². The SMILES string of the molecule is N#Cc1cc(Br)cc(C=C(F)F)c1. The van der Waals surface area contributed by atoms with E-state index in [4.69, 9.17) is 5.26 Å². The van der Waals surface area contributed by atoms with E-state index in [1.54, 1.807) is 6.07 Å². The highest BCUT2D eigenvalue weighted by molar-refractivity contribution is 9.10. The number of hydrogen-bond donors (Lipinski definition) is 0. The van der Waals surface area contributed by atoms with Gasteiger partial charge in [-0.2, -0.15) is 14.0 Å². The summed E-state index contributed by atoms with van der Waals surface area (Å²) in [5, 5.41) is 8.54. The zero-order valence-electron chi connectivity index (χ0n) is 6.39. The van der Waals surface area contributed by atoms with E-state index < -0.39 is 6.08 Å². The lowest BCUT2D eigenvalue weighted by Crippen LogP contribution is -1.78. The average Bonchev–Trinajstić information content (AvgIpc) is 2.01. The molecule has 0 amide bonds. The van der Waals surface area contributed by atoms with E-state index in [2.05, 4.69) is 15.9 Å². The smallest absolute Gasteiger partial charge is 0.192 e. The second-order valence-electron chi connectivity index (χ2n) is 2.32. The minimum atomic E-state index is -1.78. The Balaban J connectivity index is 3.18. The van der Waals surface area contributed by atoms with Crippen LogP contribution in [-0.4, -0.2) is 0 Å². The lowest BCUT2D eigenvalue weighted by atomic mass is 10.1. The maximum Gasteiger partial charge on any atom is 0.270 e. The van der Waals surface area contributed by atoms with Crippen LogP contribution in [0.25, 0.3) is 6.08 Å². The van der Waals surface area contributed by atoms with Crippen LogP contribution in [0, 0.1) is 11.3 Å². The number of nitriles is 1. The quantitative estimate of drug-likeness (QED) is 0.740. The molecule has 1 aromatic carbocycles. The standard InChI is InChI=1S/C9H4BrF2N/c10-8-2-6(4-9(11)12)1-7(3-8)5-13/h1-4H. The van der Waals surface area contributed by atoms with Crippen molar-refractivity contribution in [3.63, 3.8) is 0 Å². The van der Waals surface area contributed by atoms with E-state index in [1.807, 2.05) is 6.07 Å². The Morgan fingerprint density at radius 3 is 2.62 bits per heavy atom. The molecule has 0 aromatic heterocycles. The monoisotopic (exact) mass is 243 g/mol. The summed E-state index contributed by atoms with van der Waals surface area (Å²) in [5.41, 5.74) is 0.660. The summed E-state index contributed by atoms with van der Waals surface area (Å²) in [4.78, 5) is 0. The fraction of sp³-hybridized carbons (Fsp3) is 0. The molecule has 66 valence electrons. The van der Waals surface area contributed by atoms with Crippen molar-refractivity contribution in [1.29, 1.82) is 5.26 Å². The van der Waals surface area contributed by atoms with E-state index in [0.717, 1.165) is 0 Å². The van der Waals surface area contributed by atoms with Gasteiger partial charge in [-0.05, 0) is 23.8 Å². The van der Waals surface area contributed by atoms with Crippen LogP contribution < -0.4 is 0 Å². The number of nitrogens with zero attached hydrogens (tertiary/aromatic N) is 1. The summed E-state index contributed by atoms with van der Waals surface area (Å²) in [5.74, 6) is 0. The lowest BCUT2D eigenvalue weighted by molar-refractivity contribution is 0.429. The van der Waals surface area contributed by atoms with Gasteiger partial charge in [-0.25, -0.2) is 0 Å². The molecule has 0 saturated carbocycles. The molecular formula is C9H4BrF2N. The van der Waals surface area contributed by atoms with Crippen molar-refractivity contribution in [1.82, 2.24) is 0 Å². The van der Waals surface area contributed by atoms with Gasteiger partial charge in [-0.3, -0.25) is 0 Å². The van der Waals surface area contributed by atoms with Crippen molar-refractivity contribution >= 4 is 22.0 Å². The third kappa shape index (κ3) is 2.96. The fourth-order valence-corrected chi connectivity index (χ4v) is 1.40. The summed E-state index contributed by atoms with van der Waals surface area (Å²) >= 11 is 3.12. The van der Waals surface area contributed by atoms with Crippen LogP contribution in [0.15, 0.2) is 28.8 Å². The van der Waals surface area contributed by atoms with Crippen LogP contribution in [0.1, 0.15) is 11.1 Å². The fourth-order valence-electron chi connectivity index (χ4n) is 0.886. The molecule has 1 aromatic rings. The summed E-state index contributed by atoms with van der Waals surface area (Å²) < 4.78 is 24.3. The highest BCUT2D eigenvalue weighted by Gasteiger charge is 1.98. The van der Waals surface area contributed by atoms with Gasteiger partial charge in [0.05, 0.1) is 11.6 Å². The molecule has 0 N–H and O–H groups in total. The Labute approximate surface area is 82.4 Å². The van der Waals surface area contributed by atoms with Crippen LogP contribution in [-0.2, 0) is 0 Å². The van der Waals surface area contributed by atoms with Gasteiger partial charge in [-0.1, -0.05) is 15.9 Å². The highest BCUT2D eigenvalue weighted by atomic mass is 79.9. The van der Waals surface area contributed by atoms with Gasteiger partial charge in [0.15, 0.2) is 0 Å². The van der Waals surface area contributed by atoms with E-state index >= 15 is 0 Å². The maximum atomic E-state index is 11.9. The molecule has 4 heteroatoms. The molecule has 0 fully saturated rings. The zero-order valence-corrected chi connectivity index (χ0v) is 7.98. The van der Waals surface area contributed by atoms with Crippen LogP contribution in [0.4, 0.5) is 8.78 Å². The van der Waals surface area contributed by atoms with E-state index in [9.17, 15) is 8.78 Å². The molecular weight excluding hydrogens is 240 g/mol. The first-order valence-electron chi connectivity index (χ1n) is 3.35. The van der Waals surface area contributed by atoms with Gasteiger partial charge < -0.3 is 0 Å². The molecule has 0 radical (unpaired) electrons. The van der Waals surface area contributed by atoms with Crippen LogP contribution >= 0.6 is 15.9 Å². The first kappa shape index (κ1) is 9.87. The number of rotatable bonds is 1. The predicted molar refractivity (Wildman–Crippen MR) is 49.1 cm³/mol. The molecule has 0 atom stereocenters. The molecule has 0 bridgehead atoms. The minimum Gasteiger partial charge on any atom is -0.192 e. The Morgan fingerprint density at radius 1 is 1.38 bits per heavy atom. The third-order valence-corrected chi connectivity index (χ3v) is 1.78. The van der Waals surface area contributed by atoms with Crippen LogP contribution in [0.2, 0.25) is 0 Å². The number of hydrogen-bond acceptors (Lipinski definition) is 1. The third-order valence-electron chi connectivity index (χ3n) is 1.32. The Hall–Kier alpha value is -1.21. The highest BCUT2D eigenvalue weighted by Crippen LogP contribution is 2.18. The molecule has 13 heavy (non-hydrogen) atoms. The van der Waals surface area contributed by atoms with E-state index in [-0.39, 0.29) is 0 Å². The maximum absolute atomic E-state index is 11.9. The van der Waals surface area contributed by atoms with Gasteiger partial charge in [0, 0.05) is 10.5 Å². The second-order valence-corrected chi connectivity index (χ2v) is 3.23. The van der Waals surface area contributed by atoms with Gasteiger partial charge >= 0.3 is 0 Å². The van der Waals surface area contributed by atoms with Gasteiger partial charge in [0.25, 0.3) is 6.08 Å². The second kappa shape index (κ2) is 4.15. The van der Waals surface area contributed by atoms with Crippen LogP contribution in [0.3, 0.4) is 0 Å². The molecule has 1 nitrogen and oxygen atoms in total. The number of halogens is 3. The predicted octanol–water partition coefficient (Wildman–Crippen LogP) is 3.56. The van der Waals surface area contributed by atoms with E-state index in [1.165, 1.54) is 12.1 Å². The zero-order chi connectivity index (χ0) is 9.84. The summed E-state index contributed by atoms with van der Waals surface area (Å²) in [6.07, 6.45) is -1.06. The van der Waals surface area contributed by atoms with E-state index in [0.29, 0.717) is 21.7 Å². The summed E-state index contributed by atoms with van der Waals surface area (Å²) in [6, 6.07) is 6.35. The van der Waals surface area contributed by atoms with Gasteiger partial charge in [-0.15, -0.1) is 0 Å². The van der Waals surface area contributed by atoms with Crippen molar-refractivity contribution in [3.8, 4) is 6.07 Å². The lowest BCUT2D eigenvalue weighted by Gasteiger charge is -1.95. The molecule has 0 aliphatic carbocycles. The van der Waals surface area contributed by atoms with Crippen molar-refractivity contribution in [3.05, 3.63) is 39.9 Å². The summed E-state index contributed by atoms with van der Waals surface area (Å²) in [6.45, 7) is 0. The molecule has 0 heterocycles. The largest absolute Gasteiger partial charge is 0.270 e. The van der Waals surface area contributed by atoms with Gasteiger partial charge in [0.2, 0.25) is 0 Å². The molecule has 0 unspecified atom stereocenters. The van der Waals surface area contributed by atoms with Gasteiger partial charge in [0.1, 0.15) is 0 Å². The Morgan fingerprint density at radius 2 is 2.08 bits per heavy atom. The van der Waals surface area contributed by atoms with Crippen LogP contribution in [0.5, 0.6) is 0 Å². The molecule has 1 rings (SSSR count). The molecule has 0 saturated heterocycles. The van der Waals surface area contributed by atoms with Crippen molar-refractivity contribution in [2.24, 2.45) is 0 Å². The molecule has 0 spiro atoms. The Kier molecular flexibility index (Phi) is 3.15. The molecule has 0 aliphatic rings. The average molecular weight is 244 g/mol. The molecule has 0 aliphatic heterocycles. The van der Waals surface area contributed by atoms with Crippen molar-refractivity contribution < 1.29 is 8.78 Å². The number of benzene rings is 1. The van der Waals surface area contributed by atoms with Crippen molar-refractivity contribution in [2.75, 3.05) is 0 Å².